The van der Waals surface area contributed by atoms with Crippen LogP contribution in [0.4, 0.5) is 0 Å². The van der Waals surface area contributed by atoms with Crippen molar-refractivity contribution in [3.63, 3.8) is 0 Å². The van der Waals surface area contributed by atoms with Gasteiger partial charge in [0.05, 0.1) is 16.5 Å². The molecule has 5 nitrogen and oxygen atoms in total. The van der Waals surface area contributed by atoms with Crippen molar-refractivity contribution in [2.24, 2.45) is 5.92 Å². The fourth-order valence-electron chi connectivity index (χ4n) is 2.21. The fourth-order valence-corrected chi connectivity index (χ4v) is 2.83. The topological polar surface area (TPSA) is 82.0 Å². The largest absolute Gasteiger partial charge is 0.350 e. The van der Waals surface area contributed by atoms with Gasteiger partial charge in [0.2, 0.25) is 5.91 Å². The maximum Gasteiger partial charge on any atom is 0.262 e. The van der Waals surface area contributed by atoms with E-state index in [1.807, 2.05) is 25.3 Å². The lowest BCUT2D eigenvalue weighted by Crippen LogP contribution is -2.49. The average Bonchev–Trinajstić information content (AvgIpc) is 3.12. The van der Waals surface area contributed by atoms with Gasteiger partial charge in [0.25, 0.3) is 5.91 Å². The molecule has 124 valence electrons. The zero-order valence-electron chi connectivity index (χ0n) is 13.6. The molecule has 1 atom stereocenters. The van der Waals surface area contributed by atoms with Gasteiger partial charge in [0, 0.05) is 6.54 Å². The van der Waals surface area contributed by atoms with Crippen LogP contribution < -0.4 is 10.6 Å². The molecular formula is C18H19N3O2S. The molecular weight excluding hydrogens is 322 g/mol. The van der Waals surface area contributed by atoms with Gasteiger partial charge in [-0.15, -0.1) is 11.3 Å². The fraction of sp³-hybridized carbons (Fsp3) is 0.278. The normalized spacial score (nSPS) is 11.6. The predicted octanol–water partition coefficient (Wildman–Crippen LogP) is 2.69. The minimum atomic E-state index is -0.612. The zero-order chi connectivity index (χ0) is 17.5. The number of carbonyl (C=O) groups excluding carboxylic acids is 2. The summed E-state index contributed by atoms with van der Waals surface area (Å²) in [6.45, 7) is 4.08. The molecule has 0 spiro atoms. The molecule has 1 heterocycles. The van der Waals surface area contributed by atoms with Crippen LogP contribution in [0.2, 0.25) is 0 Å². The SMILES string of the molecule is CC(C)C(NC(=O)c1cccs1)C(=O)NCc1cccc(C#N)c1. The van der Waals surface area contributed by atoms with Gasteiger partial charge in [-0.1, -0.05) is 32.0 Å². The third kappa shape index (κ3) is 4.67. The Labute approximate surface area is 145 Å². The van der Waals surface area contributed by atoms with Crippen molar-refractivity contribution in [2.45, 2.75) is 26.4 Å². The highest BCUT2D eigenvalue weighted by molar-refractivity contribution is 7.12. The molecule has 24 heavy (non-hydrogen) atoms. The van der Waals surface area contributed by atoms with E-state index in [9.17, 15) is 9.59 Å². The standard InChI is InChI=1S/C18H19N3O2S/c1-12(2)16(21-17(22)15-7-4-8-24-15)18(23)20-11-14-6-3-5-13(9-14)10-19/h3-9,12,16H,11H2,1-2H3,(H,20,23)(H,21,22). The van der Waals surface area contributed by atoms with Gasteiger partial charge < -0.3 is 10.6 Å². The summed E-state index contributed by atoms with van der Waals surface area (Å²) < 4.78 is 0. The van der Waals surface area contributed by atoms with Crippen molar-refractivity contribution in [1.82, 2.24) is 10.6 Å². The maximum atomic E-state index is 12.4. The Morgan fingerprint density at radius 1 is 1.25 bits per heavy atom. The van der Waals surface area contributed by atoms with E-state index >= 15 is 0 Å². The van der Waals surface area contributed by atoms with Crippen LogP contribution in [0.25, 0.3) is 0 Å². The number of hydrogen-bond acceptors (Lipinski definition) is 4. The van der Waals surface area contributed by atoms with E-state index < -0.39 is 6.04 Å². The molecule has 0 saturated carbocycles. The lowest BCUT2D eigenvalue weighted by atomic mass is 10.0. The highest BCUT2D eigenvalue weighted by Gasteiger charge is 2.24. The molecule has 0 saturated heterocycles. The number of nitriles is 1. The Hall–Kier alpha value is -2.65. The van der Waals surface area contributed by atoms with E-state index in [0.717, 1.165) is 5.56 Å². The summed E-state index contributed by atoms with van der Waals surface area (Å²) in [5.74, 6) is -0.526. The van der Waals surface area contributed by atoms with Gasteiger partial charge in [0.1, 0.15) is 6.04 Å². The van der Waals surface area contributed by atoms with Gasteiger partial charge in [-0.2, -0.15) is 5.26 Å². The van der Waals surface area contributed by atoms with Crippen molar-refractivity contribution in [1.29, 1.82) is 5.26 Å². The summed E-state index contributed by atoms with van der Waals surface area (Å²) in [5.41, 5.74) is 1.39. The van der Waals surface area contributed by atoms with Crippen molar-refractivity contribution in [3.8, 4) is 6.07 Å². The molecule has 0 fully saturated rings. The van der Waals surface area contributed by atoms with Gasteiger partial charge >= 0.3 is 0 Å². The second-order valence-electron chi connectivity index (χ2n) is 5.70. The molecule has 1 unspecified atom stereocenters. The first-order valence-electron chi connectivity index (χ1n) is 7.62. The Morgan fingerprint density at radius 3 is 2.67 bits per heavy atom. The lowest BCUT2D eigenvalue weighted by molar-refractivity contribution is -0.124. The van der Waals surface area contributed by atoms with Crippen LogP contribution in [0.3, 0.4) is 0 Å². The van der Waals surface area contributed by atoms with E-state index in [4.69, 9.17) is 5.26 Å². The number of carbonyl (C=O) groups is 2. The number of nitrogens with one attached hydrogen (secondary N) is 2. The smallest absolute Gasteiger partial charge is 0.262 e. The van der Waals surface area contributed by atoms with Crippen LogP contribution in [0.15, 0.2) is 41.8 Å². The van der Waals surface area contributed by atoms with Crippen LogP contribution in [-0.4, -0.2) is 17.9 Å². The average molecular weight is 341 g/mol. The first-order chi connectivity index (χ1) is 11.5. The van der Waals surface area contributed by atoms with Crippen molar-refractivity contribution >= 4 is 23.2 Å². The lowest BCUT2D eigenvalue weighted by Gasteiger charge is -2.21. The summed E-state index contributed by atoms with van der Waals surface area (Å²) in [5, 5.41) is 16.3. The summed E-state index contributed by atoms with van der Waals surface area (Å²) in [4.78, 5) is 25.2. The van der Waals surface area contributed by atoms with E-state index in [1.165, 1.54) is 11.3 Å². The number of rotatable bonds is 6. The molecule has 2 rings (SSSR count). The third-order valence-electron chi connectivity index (χ3n) is 3.50. The van der Waals surface area contributed by atoms with Crippen LogP contribution in [0, 0.1) is 17.2 Å². The van der Waals surface area contributed by atoms with Gasteiger partial charge in [-0.3, -0.25) is 9.59 Å². The van der Waals surface area contributed by atoms with E-state index in [-0.39, 0.29) is 17.7 Å². The van der Waals surface area contributed by atoms with E-state index in [1.54, 1.807) is 30.3 Å². The second-order valence-corrected chi connectivity index (χ2v) is 6.65. The Bertz CT molecular complexity index is 748. The molecule has 0 aliphatic carbocycles. The number of nitrogens with zero attached hydrogens (tertiary/aromatic N) is 1. The Morgan fingerprint density at radius 2 is 2.04 bits per heavy atom. The van der Waals surface area contributed by atoms with Crippen molar-refractivity contribution in [3.05, 3.63) is 57.8 Å². The molecule has 0 aliphatic heterocycles. The Balaban J connectivity index is 1.98. The predicted molar refractivity (Wildman–Crippen MR) is 93.4 cm³/mol. The zero-order valence-corrected chi connectivity index (χ0v) is 14.4. The first-order valence-corrected chi connectivity index (χ1v) is 8.50. The summed E-state index contributed by atoms with van der Waals surface area (Å²) >= 11 is 1.34. The molecule has 2 amide bonds. The van der Waals surface area contributed by atoms with Gasteiger partial charge in [-0.05, 0) is 35.1 Å². The molecule has 0 radical (unpaired) electrons. The minimum Gasteiger partial charge on any atom is -0.350 e. The monoisotopic (exact) mass is 341 g/mol. The van der Waals surface area contributed by atoms with Crippen LogP contribution in [0.5, 0.6) is 0 Å². The first kappa shape index (κ1) is 17.7. The molecule has 6 heteroatoms. The number of hydrogen-bond donors (Lipinski definition) is 2. The van der Waals surface area contributed by atoms with Crippen LogP contribution >= 0.6 is 11.3 Å². The molecule has 1 aromatic carbocycles. The minimum absolute atomic E-state index is 0.0423. The Kier molecular flexibility index (Phi) is 6.10. The van der Waals surface area contributed by atoms with Crippen LogP contribution in [-0.2, 0) is 11.3 Å². The summed E-state index contributed by atoms with van der Waals surface area (Å²) in [6.07, 6.45) is 0. The molecule has 2 N–H and O–H groups in total. The molecule has 0 aliphatic rings. The number of amides is 2. The summed E-state index contributed by atoms with van der Waals surface area (Å²) in [6, 6.07) is 12.0. The quantitative estimate of drug-likeness (QED) is 0.847. The summed E-state index contributed by atoms with van der Waals surface area (Å²) in [7, 11) is 0. The number of thiophene rings is 1. The maximum absolute atomic E-state index is 12.4. The molecule has 1 aromatic heterocycles. The van der Waals surface area contributed by atoms with Crippen LogP contribution in [0.1, 0.15) is 34.6 Å². The third-order valence-corrected chi connectivity index (χ3v) is 4.37. The van der Waals surface area contributed by atoms with Gasteiger partial charge in [-0.25, -0.2) is 0 Å². The molecule has 2 aromatic rings. The molecule has 0 bridgehead atoms. The van der Waals surface area contributed by atoms with Crippen molar-refractivity contribution < 1.29 is 9.59 Å². The second kappa shape index (κ2) is 8.27. The van der Waals surface area contributed by atoms with E-state index in [0.29, 0.717) is 17.0 Å². The number of benzene rings is 1. The highest BCUT2D eigenvalue weighted by atomic mass is 32.1. The van der Waals surface area contributed by atoms with Crippen molar-refractivity contribution in [2.75, 3.05) is 0 Å². The van der Waals surface area contributed by atoms with Gasteiger partial charge in [0.15, 0.2) is 0 Å². The highest BCUT2D eigenvalue weighted by Crippen LogP contribution is 2.11. The van der Waals surface area contributed by atoms with E-state index in [2.05, 4.69) is 16.7 Å².